The van der Waals surface area contributed by atoms with E-state index in [1.165, 1.54) is 12.0 Å². The van der Waals surface area contributed by atoms with Crippen LogP contribution in [0.15, 0.2) is 18.5 Å². The maximum atomic E-state index is 5.05. The van der Waals surface area contributed by atoms with Gasteiger partial charge in [0, 0.05) is 38.7 Å². The van der Waals surface area contributed by atoms with E-state index >= 15 is 0 Å². The zero-order valence-electron chi connectivity index (χ0n) is 10.7. The molecule has 3 nitrogen and oxygen atoms in total. The van der Waals surface area contributed by atoms with Gasteiger partial charge in [-0.2, -0.15) is 0 Å². The summed E-state index contributed by atoms with van der Waals surface area (Å²) in [5, 5.41) is 3.49. The molecule has 0 saturated carbocycles. The molecule has 0 fully saturated rings. The molecule has 1 rings (SSSR count). The lowest BCUT2D eigenvalue weighted by Crippen LogP contribution is -2.18. The number of aromatic nitrogens is 1. The van der Waals surface area contributed by atoms with Gasteiger partial charge in [0.2, 0.25) is 0 Å². The van der Waals surface area contributed by atoms with Crippen LogP contribution < -0.4 is 5.32 Å². The smallest absolute Gasteiger partial charge is 0.0479 e. The van der Waals surface area contributed by atoms with Gasteiger partial charge in [0.15, 0.2) is 0 Å². The molecule has 1 heterocycles. The molecule has 1 unspecified atom stereocenters. The molecule has 16 heavy (non-hydrogen) atoms. The summed E-state index contributed by atoms with van der Waals surface area (Å²) in [6, 6.07) is 2.64. The van der Waals surface area contributed by atoms with Gasteiger partial charge in [-0.1, -0.05) is 6.92 Å². The van der Waals surface area contributed by atoms with E-state index in [4.69, 9.17) is 4.74 Å². The molecule has 92 valence electrons. The lowest BCUT2D eigenvalue weighted by Gasteiger charge is -2.11. The predicted octanol–water partition coefficient (Wildman–Crippen LogP) is 2.59. The highest BCUT2D eigenvalue weighted by molar-refractivity contribution is 5.14. The molecule has 1 atom stereocenters. The average Bonchev–Trinajstić information content (AvgIpc) is 2.75. The molecule has 0 aromatic carbocycles. The molecular weight excluding hydrogens is 200 g/mol. The highest BCUT2D eigenvalue weighted by Crippen LogP contribution is 2.12. The molecule has 0 bridgehead atoms. The van der Waals surface area contributed by atoms with Crippen LogP contribution in [0.4, 0.5) is 0 Å². The molecule has 0 spiro atoms. The van der Waals surface area contributed by atoms with Crippen LogP contribution in [-0.2, 0) is 11.3 Å². The number of nitrogens with one attached hydrogen (secondary N) is 1. The van der Waals surface area contributed by atoms with Crippen LogP contribution in [-0.4, -0.2) is 24.8 Å². The van der Waals surface area contributed by atoms with Crippen molar-refractivity contribution >= 4 is 0 Å². The normalized spacial score (nSPS) is 12.9. The third kappa shape index (κ3) is 4.37. The predicted molar refractivity (Wildman–Crippen MR) is 67.6 cm³/mol. The van der Waals surface area contributed by atoms with Crippen LogP contribution >= 0.6 is 0 Å². The molecule has 0 aliphatic rings. The standard InChI is InChI=1S/C13H24N2O/c1-4-7-14-12(2)13-6-9-15(11-13)8-5-10-16-3/h6,9,11-12,14H,4-5,7-8,10H2,1-3H3. The first-order valence-corrected chi connectivity index (χ1v) is 6.16. The lowest BCUT2D eigenvalue weighted by molar-refractivity contribution is 0.190. The summed E-state index contributed by atoms with van der Waals surface area (Å²) in [5.74, 6) is 0. The molecule has 1 N–H and O–H groups in total. The van der Waals surface area contributed by atoms with Gasteiger partial charge >= 0.3 is 0 Å². The Bertz CT molecular complexity index is 283. The van der Waals surface area contributed by atoms with Crippen molar-refractivity contribution in [3.8, 4) is 0 Å². The summed E-state index contributed by atoms with van der Waals surface area (Å²) in [5.41, 5.74) is 1.37. The van der Waals surface area contributed by atoms with E-state index in [0.29, 0.717) is 6.04 Å². The number of hydrogen-bond acceptors (Lipinski definition) is 2. The van der Waals surface area contributed by atoms with Crippen molar-refractivity contribution in [3.63, 3.8) is 0 Å². The number of rotatable bonds is 8. The second kappa shape index (κ2) is 7.47. The Balaban J connectivity index is 2.37. The van der Waals surface area contributed by atoms with Gasteiger partial charge in [0.25, 0.3) is 0 Å². The van der Waals surface area contributed by atoms with Crippen LogP contribution in [0, 0.1) is 0 Å². The molecule has 0 saturated heterocycles. The van der Waals surface area contributed by atoms with Crippen molar-refractivity contribution in [1.29, 1.82) is 0 Å². The Morgan fingerprint density at radius 3 is 3.00 bits per heavy atom. The van der Waals surface area contributed by atoms with Crippen LogP contribution in [0.3, 0.4) is 0 Å². The minimum Gasteiger partial charge on any atom is -0.385 e. The second-order valence-electron chi connectivity index (χ2n) is 4.20. The van der Waals surface area contributed by atoms with Crippen molar-refractivity contribution in [1.82, 2.24) is 9.88 Å². The first-order valence-electron chi connectivity index (χ1n) is 6.16. The summed E-state index contributed by atoms with van der Waals surface area (Å²) in [6.07, 6.45) is 6.62. The van der Waals surface area contributed by atoms with E-state index in [0.717, 1.165) is 26.1 Å². The Labute approximate surface area is 98.8 Å². The fraction of sp³-hybridized carbons (Fsp3) is 0.692. The van der Waals surface area contributed by atoms with Crippen LogP contribution in [0.25, 0.3) is 0 Å². The van der Waals surface area contributed by atoms with Gasteiger partial charge in [-0.3, -0.25) is 0 Å². The molecule has 0 aliphatic heterocycles. The molecule has 3 heteroatoms. The number of aryl methyl sites for hydroxylation is 1. The van der Waals surface area contributed by atoms with E-state index in [-0.39, 0.29) is 0 Å². The molecule has 0 amide bonds. The Hall–Kier alpha value is -0.800. The van der Waals surface area contributed by atoms with Crippen molar-refractivity contribution < 1.29 is 4.74 Å². The molecular formula is C13H24N2O. The van der Waals surface area contributed by atoms with Crippen molar-refractivity contribution in [2.75, 3.05) is 20.3 Å². The van der Waals surface area contributed by atoms with Gasteiger partial charge in [-0.05, 0) is 37.9 Å². The van der Waals surface area contributed by atoms with E-state index in [1.807, 2.05) is 0 Å². The largest absolute Gasteiger partial charge is 0.385 e. The maximum absolute atomic E-state index is 5.05. The number of methoxy groups -OCH3 is 1. The minimum absolute atomic E-state index is 0.448. The Kier molecular flexibility index (Phi) is 6.19. The first-order chi connectivity index (χ1) is 7.77. The van der Waals surface area contributed by atoms with Gasteiger partial charge in [0.1, 0.15) is 0 Å². The monoisotopic (exact) mass is 224 g/mol. The van der Waals surface area contributed by atoms with E-state index in [2.05, 4.69) is 42.2 Å². The van der Waals surface area contributed by atoms with Gasteiger partial charge in [-0.25, -0.2) is 0 Å². The van der Waals surface area contributed by atoms with Crippen LogP contribution in [0.1, 0.15) is 38.3 Å². The van der Waals surface area contributed by atoms with E-state index < -0.39 is 0 Å². The summed E-state index contributed by atoms with van der Waals surface area (Å²) in [7, 11) is 1.75. The van der Waals surface area contributed by atoms with Crippen LogP contribution in [0.5, 0.6) is 0 Å². The highest BCUT2D eigenvalue weighted by Gasteiger charge is 2.05. The minimum atomic E-state index is 0.448. The topological polar surface area (TPSA) is 26.2 Å². The Morgan fingerprint density at radius 2 is 2.31 bits per heavy atom. The van der Waals surface area contributed by atoms with Crippen molar-refractivity contribution in [2.24, 2.45) is 0 Å². The van der Waals surface area contributed by atoms with Crippen molar-refractivity contribution in [3.05, 3.63) is 24.0 Å². The summed E-state index contributed by atoms with van der Waals surface area (Å²) in [6.45, 7) is 7.35. The molecule has 0 radical (unpaired) electrons. The second-order valence-corrected chi connectivity index (χ2v) is 4.20. The first kappa shape index (κ1) is 13.3. The quantitative estimate of drug-likeness (QED) is 0.687. The highest BCUT2D eigenvalue weighted by atomic mass is 16.5. The fourth-order valence-corrected chi connectivity index (χ4v) is 1.72. The van der Waals surface area contributed by atoms with E-state index in [9.17, 15) is 0 Å². The molecule has 1 aromatic rings. The zero-order chi connectivity index (χ0) is 11.8. The van der Waals surface area contributed by atoms with Gasteiger partial charge in [0.05, 0.1) is 0 Å². The Morgan fingerprint density at radius 1 is 1.50 bits per heavy atom. The lowest BCUT2D eigenvalue weighted by atomic mass is 10.2. The van der Waals surface area contributed by atoms with Gasteiger partial charge < -0.3 is 14.6 Å². The zero-order valence-corrected chi connectivity index (χ0v) is 10.7. The van der Waals surface area contributed by atoms with Crippen LogP contribution in [0.2, 0.25) is 0 Å². The number of ether oxygens (including phenoxy) is 1. The summed E-state index contributed by atoms with van der Waals surface area (Å²) in [4.78, 5) is 0. The SMILES string of the molecule is CCCNC(C)c1ccn(CCCOC)c1. The number of hydrogen-bond donors (Lipinski definition) is 1. The third-order valence-electron chi connectivity index (χ3n) is 2.74. The summed E-state index contributed by atoms with van der Waals surface area (Å²) >= 11 is 0. The summed E-state index contributed by atoms with van der Waals surface area (Å²) < 4.78 is 7.28. The average molecular weight is 224 g/mol. The third-order valence-corrected chi connectivity index (χ3v) is 2.74. The van der Waals surface area contributed by atoms with Gasteiger partial charge in [-0.15, -0.1) is 0 Å². The van der Waals surface area contributed by atoms with Crippen molar-refractivity contribution in [2.45, 2.75) is 39.3 Å². The number of nitrogens with zero attached hydrogens (tertiary/aromatic N) is 1. The maximum Gasteiger partial charge on any atom is 0.0479 e. The fourth-order valence-electron chi connectivity index (χ4n) is 1.72. The molecule has 1 aromatic heterocycles. The van der Waals surface area contributed by atoms with E-state index in [1.54, 1.807) is 7.11 Å². The molecule has 0 aliphatic carbocycles.